The lowest BCUT2D eigenvalue weighted by Crippen LogP contribution is -2.43. The first kappa shape index (κ1) is 15.0. The Kier molecular flexibility index (Phi) is 4.57. The number of nitrogens with one attached hydrogen (secondary N) is 1. The van der Waals surface area contributed by atoms with Gasteiger partial charge in [0.2, 0.25) is 5.91 Å². The Labute approximate surface area is 122 Å². The normalized spacial score (nSPS) is 14.9. The first-order valence-corrected chi connectivity index (χ1v) is 6.91. The smallest absolute Gasteiger partial charge is 0.326 e. The number of fused-ring (bicyclic) bond motifs is 1. The molecule has 1 aromatic carbocycles. The van der Waals surface area contributed by atoms with Gasteiger partial charge < -0.3 is 16.2 Å². The average Bonchev–Trinajstić information content (AvgIpc) is 2.45. The third-order valence-corrected chi connectivity index (χ3v) is 3.62. The van der Waals surface area contributed by atoms with E-state index in [1.54, 1.807) is 12.1 Å². The van der Waals surface area contributed by atoms with Crippen molar-refractivity contribution in [1.82, 2.24) is 5.32 Å². The Morgan fingerprint density at radius 3 is 2.48 bits per heavy atom. The highest BCUT2D eigenvalue weighted by molar-refractivity contribution is 5.97. The zero-order chi connectivity index (χ0) is 15.4. The van der Waals surface area contributed by atoms with E-state index < -0.39 is 30.2 Å². The molecule has 2 rings (SSSR count). The summed E-state index contributed by atoms with van der Waals surface area (Å²) in [6.45, 7) is 0. The predicted octanol–water partition coefficient (Wildman–Crippen LogP) is 0.624. The fourth-order valence-electron chi connectivity index (χ4n) is 2.52. The molecule has 1 aliphatic carbocycles. The van der Waals surface area contributed by atoms with Gasteiger partial charge in [0.15, 0.2) is 0 Å². The van der Waals surface area contributed by atoms with Gasteiger partial charge in [-0.05, 0) is 48.9 Å². The SMILES string of the molecule is NC(=O)C[C@H](NC(=O)c1ccc2c(c1)CCCC2)C(=O)O. The topological polar surface area (TPSA) is 109 Å². The summed E-state index contributed by atoms with van der Waals surface area (Å²) < 4.78 is 0. The van der Waals surface area contributed by atoms with Crippen LogP contribution in [-0.2, 0) is 22.4 Å². The fraction of sp³-hybridized carbons (Fsp3) is 0.400. The van der Waals surface area contributed by atoms with Crippen LogP contribution in [-0.4, -0.2) is 28.9 Å². The minimum Gasteiger partial charge on any atom is -0.480 e. The summed E-state index contributed by atoms with van der Waals surface area (Å²) in [4.78, 5) is 33.9. The molecule has 1 atom stereocenters. The number of carboxylic acid groups (broad SMARTS) is 1. The van der Waals surface area contributed by atoms with Crippen LogP contribution in [0, 0.1) is 0 Å². The first-order valence-electron chi connectivity index (χ1n) is 6.91. The molecule has 1 aromatic rings. The Bertz CT molecular complexity index is 583. The van der Waals surface area contributed by atoms with Crippen molar-refractivity contribution in [1.29, 1.82) is 0 Å². The number of aryl methyl sites for hydroxylation is 2. The summed E-state index contributed by atoms with van der Waals surface area (Å²) in [5, 5.41) is 11.3. The number of primary amides is 1. The van der Waals surface area contributed by atoms with Crippen LogP contribution in [0.4, 0.5) is 0 Å². The van der Waals surface area contributed by atoms with Crippen molar-refractivity contribution in [2.75, 3.05) is 0 Å². The molecule has 1 aliphatic rings. The Hall–Kier alpha value is -2.37. The number of carbonyl (C=O) groups is 3. The van der Waals surface area contributed by atoms with Crippen molar-refractivity contribution >= 4 is 17.8 Å². The highest BCUT2D eigenvalue weighted by Crippen LogP contribution is 2.22. The van der Waals surface area contributed by atoms with Gasteiger partial charge >= 0.3 is 5.97 Å². The van der Waals surface area contributed by atoms with Gasteiger partial charge in [-0.2, -0.15) is 0 Å². The first-order chi connectivity index (χ1) is 9.97. The van der Waals surface area contributed by atoms with Gasteiger partial charge in [0.1, 0.15) is 6.04 Å². The predicted molar refractivity (Wildman–Crippen MR) is 75.8 cm³/mol. The van der Waals surface area contributed by atoms with E-state index in [2.05, 4.69) is 5.32 Å². The van der Waals surface area contributed by atoms with Crippen LogP contribution >= 0.6 is 0 Å². The molecule has 0 fully saturated rings. The number of hydrogen-bond acceptors (Lipinski definition) is 3. The lowest BCUT2D eigenvalue weighted by atomic mass is 9.90. The summed E-state index contributed by atoms with van der Waals surface area (Å²) in [5.41, 5.74) is 7.77. The van der Waals surface area contributed by atoms with E-state index in [0.29, 0.717) is 5.56 Å². The van der Waals surface area contributed by atoms with Gasteiger partial charge in [0, 0.05) is 5.56 Å². The maximum atomic E-state index is 12.1. The van der Waals surface area contributed by atoms with Crippen molar-refractivity contribution in [3.63, 3.8) is 0 Å². The third kappa shape index (κ3) is 3.81. The minimum atomic E-state index is -1.30. The van der Waals surface area contributed by atoms with Crippen LogP contribution in [0.15, 0.2) is 18.2 Å². The zero-order valence-corrected chi connectivity index (χ0v) is 11.6. The highest BCUT2D eigenvalue weighted by atomic mass is 16.4. The van der Waals surface area contributed by atoms with E-state index in [4.69, 9.17) is 10.8 Å². The molecule has 0 radical (unpaired) electrons. The maximum Gasteiger partial charge on any atom is 0.326 e. The molecule has 6 nitrogen and oxygen atoms in total. The van der Waals surface area contributed by atoms with Gasteiger partial charge in [-0.15, -0.1) is 0 Å². The molecule has 6 heteroatoms. The molecule has 0 saturated carbocycles. The molecule has 0 unspecified atom stereocenters. The van der Waals surface area contributed by atoms with E-state index in [1.165, 1.54) is 5.56 Å². The molecule has 0 aliphatic heterocycles. The number of rotatable bonds is 5. The quantitative estimate of drug-likeness (QED) is 0.738. The number of aliphatic carboxylic acids is 1. The summed E-state index contributed by atoms with van der Waals surface area (Å²) in [6.07, 6.45) is 3.76. The van der Waals surface area contributed by atoms with E-state index in [1.807, 2.05) is 6.07 Å². The van der Waals surface area contributed by atoms with Gasteiger partial charge in [-0.1, -0.05) is 6.07 Å². The Morgan fingerprint density at radius 1 is 1.19 bits per heavy atom. The van der Waals surface area contributed by atoms with Crippen LogP contribution in [0.2, 0.25) is 0 Å². The highest BCUT2D eigenvalue weighted by Gasteiger charge is 2.23. The van der Waals surface area contributed by atoms with Gasteiger partial charge in [0.05, 0.1) is 6.42 Å². The summed E-state index contributed by atoms with van der Waals surface area (Å²) in [7, 11) is 0. The van der Waals surface area contributed by atoms with Crippen molar-refractivity contribution in [3.8, 4) is 0 Å². The lowest BCUT2D eigenvalue weighted by Gasteiger charge is -2.17. The number of nitrogens with two attached hydrogens (primary N) is 1. The molecule has 0 bridgehead atoms. The fourth-order valence-corrected chi connectivity index (χ4v) is 2.52. The number of carbonyl (C=O) groups excluding carboxylic acids is 2. The van der Waals surface area contributed by atoms with Crippen LogP contribution in [0.3, 0.4) is 0 Å². The second kappa shape index (κ2) is 6.39. The van der Waals surface area contributed by atoms with Crippen molar-refractivity contribution in [2.45, 2.75) is 38.1 Å². The second-order valence-corrected chi connectivity index (χ2v) is 5.23. The van der Waals surface area contributed by atoms with Gasteiger partial charge in [-0.3, -0.25) is 9.59 Å². The standard InChI is InChI=1S/C15H18N2O4/c16-13(18)8-12(15(20)21)17-14(19)11-6-5-9-3-1-2-4-10(9)7-11/h5-7,12H,1-4,8H2,(H2,16,18)(H,17,19)(H,20,21)/t12-/m0/s1. The number of hydrogen-bond donors (Lipinski definition) is 3. The average molecular weight is 290 g/mol. The van der Waals surface area contributed by atoms with Crippen molar-refractivity contribution < 1.29 is 19.5 Å². The molecular weight excluding hydrogens is 272 g/mol. The summed E-state index contributed by atoms with van der Waals surface area (Å²) in [6, 6.07) is 4.09. The number of amides is 2. The molecule has 112 valence electrons. The zero-order valence-electron chi connectivity index (χ0n) is 11.6. The number of benzene rings is 1. The minimum absolute atomic E-state index is 0.409. The monoisotopic (exact) mass is 290 g/mol. The van der Waals surface area contributed by atoms with Crippen LogP contribution in [0.25, 0.3) is 0 Å². The lowest BCUT2D eigenvalue weighted by molar-refractivity contribution is -0.140. The summed E-state index contributed by atoms with van der Waals surface area (Å²) in [5.74, 6) is -2.55. The Balaban J connectivity index is 2.12. The second-order valence-electron chi connectivity index (χ2n) is 5.23. The molecule has 21 heavy (non-hydrogen) atoms. The molecule has 0 saturated heterocycles. The summed E-state index contributed by atoms with van der Waals surface area (Å²) >= 11 is 0. The van der Waals surface area contributed by atoms with Gasteiger partial charge in [-0.25, -0.2) is 4.79 Å². The van der Waals surface area contributed by atoms with E-state index in [9.17, 15) is 14.4 Å². The third-order valence-electron chi connectivity index (χ3n) is 3.62. The molecule has 0 heterocycles. The van der Waals surface area contributed by atoms with Crippen LogP contribution < -0.4 is 11.1 Å². The molecule has 0 aromatic heterocycles. The largest absolute Gasteiger partial charge is 0.480 e. The van der Waals surface area contributed by atoms with Crippen molar-refractivity contribution in [2.24, 2.45) is 5.73 Å². The van der Waals surface area contributed by atoms with Crippen LogP contribution in [0.5, 0.6) is 0 Å². The van der Waals surface area contributed by atoms with E-state index in [-0.39, 0.29) is 0 Å². The Morgan fingerprint density at radius 2 is 1.86 bits per heavy atom. The van der Waals surface area contributed by atoms with Crippen LogP contribution in [0.1, 0.15) is 40.7 Å². The number of carboxylic acids is 1. The van der Waals surface area contributed by atoms with Crippen molar-refractivity contribution in [3.05, 3.63) is 34.9 Å². The molecule has 4 N–H and O–H groups in total. The van der Waals surface area contributed by atoms with E-state index in [0.717, 1.165) is 31.2 Å². The van der Waals surface area contributed by atoms with Gasteiger partial charge in [0.25, 0.3) is 5.91 Å². The van der Waals surface area contributed by atoms with E-state index >= 15 is 0 Å². The maximum absolute atomic E-state index is 12.1. The molecular formula is C15H18N2O4. The molecule has 2 amide bonds. The molecule has 0 spiro atoms.